The van der Waals surface area contributed by atoms with Gasteiger partial charge in [0.1, 0.15) is 11.4 Å². The lowest BCUT2D eigenvalue weighted by Crippen LogP contribution is -2.32. The number of alkyl carbamates (subject to hydrolysis) is 1. The predicted molar refractivity (Wildman–Crippen MR) is 91.9 cm³/mol. The summed E-state index contributed by atoms with van der Waals surface area (Å²) in [5.41, 5.74) is 0.455. The zero-order chi connectivity index (χ0) is 18.3. The zero-order valence-corrected chi connectivity index (χ0v) is 14.6. The van der Waals surface area contributed by atoms with E-state index in [1.807, 2.05) is 0 Å². The number of rotatable bonds is 6. The van der Waals surface area contributed by atoms with Gasteiger partial charge in [-0.3, -0.25) is 10.1 Å². The number of ether oxygens (including phenoxy) is 1. The summed E-state index contributed by atoms with van der Waals surface area (Å²) in [4.78, 5) is 23.7. The monoisotopic (exact) mass is 336 g/mol. The summed E-state index contributed by atoms with van der Waals surface area (Å²) in [5.74, 6) is -0.815. The van der Waals surface area contributed by atoms with Crippen molar-refractivity contribution < 1.29 is 18.7 Å². The first kappa shape index (κ1) is 19.7. The molecule has 1 rings (SSSR count). The third kappa shape index (κ3) is 7.76. The Kier molecular flexibility index (Phi) is 6.95. The molecule has 6 heteroatoms. The number of nitrogens with one attached hydrogen (secondary N) is 2. The van der Waals surface area contributed by atoms with Crippen molar-refractivity contribution in [2.45, 2.75) is 46.1 Å². The number of halogens is 1. The van der Waals surface area contributed by atoms with E-state index in [2.05, 4.69) is 17.2 Å². The Morgan fingerprint density at radius 3 is 2.38 bits per heavy atom. The highest BCUT2D eigenvalue weighted by Crippen LogP contribution is 2.15. The number of anilines is 1. The molecule has 1 atom stereocenters. The van der Waals surface area contributed by atoms with Gasteiger partial charge in [0.15, 0.2) is 0 Å². The second-order valence-corrected chi connectivity index (χ2v) is 6.67. The maximum atomic E-state index is 12.8. The molecule has 0 bridgehead atoms. The second kappa shape index (κ2) is 8.47. The molecule has 0 aliphatic heterocycles. The minimum absolute atomic E-state index is 0.174. The largest absolute Gasteiger partial charge is 0.444 e. The number of carbonyl (C=O) groups is 2. The van der Waals surface area contributed by atoms with E-state index >= 15 is 0 Å². The Labute approximate surface area is 142 Å². The molecule has 1 aromatic carbocycles. The molecule has 5 nitrogen and oxygen atoms in total. The van der Waals surface area contributed by atoms with Crippen molar-refractivity contribution in [2.24, 2.45) is 5.92 Å². The summed E-state index contributed by atoms with van der Waals surface area (Å²) >= 11 is 0. The average Bonchev–Trinajstić information content (AvgIpc) is 2.45. The molecule has 0 fully saturated rings. The van der Waals surface area contributed by atoms with Gasteiger partial charge in [0.25, 0.3) is 0 Å². The first-order valence-corrected chi connectivity index (χ1v) is 7.81. The highest BCUT2D eigenvalue weighted by Gasteiger charge is 2.18. The highest BCUT2D eigenvalue weighted by atomic mass is 19.1. The average molecular weight is 336 g/mol. The summed E-state index contributed by atoms with van der Waals surface area (Å²) < 4.78 is 18.0. The van der Waals surface area contributed by atoms with Crippen LogP contribution in [0.2, 0.25) is 0 Å². The Morgan fingerprint density at radius 1 is 1.25 bits per heavy atom. The number of benzene rings is 1. The van der Waals surface area contributed by atoms with Crippen LogP contribution in [0.3, 0.4) is 0 Å². The van der Waals surface area contributed by atoms with Crippen molar-refractivity contribution in [1.29, 1.82) is 0 Å². The van der Waals surface area contributed by atoms with Gasteiger partial charge in [0.05, 0.1) is 0 Å². The maximum Gasteiger partial charge on any atom is 0.411 e. The highest BCUT2D eigenvalue weighted by molar-refractivity contribution is 5.92. The van der Waals surface area contributed by atoms with Crippen LogP contribution < -0.4 is 10.6 Å². The van der Waals surface area contributed by atoms with Gasteiger partial charge in [-0.1, -0.05) is 13.5 Å². The van der Waals surface area contributed by atoms with Gasteiger partial charge in [0, 0.05) is 17.3 Å². The van der Waals surface area contributed by atoms with Crippen LogP contribution in [0.25, 0.3) is 0 Å². The molecule has 0 saturated heterocycles. The molecule has 0 aliphatic rings. The Balaban J connectivity index is 2.37. The van der Waals surface area contributed by atoms with Gasteiger partial charge in [0.2, 0.25) is 5.91 Å². The van der Waals surface area contributed by atoms with Gasteiger partial charge in [-0.05, 0) is 57.9 Å². The minimum atomic E-state index is -0.577. The van der Waals surface area contributed by atoms with Gasteiger partial charge in [-0.25, -0.2) is 9.18 Å². The summed E-state index contributed by atoms with van der Waals surface area (Å²) in [6.45, 7) is 10.9. The van der Waals surface area contributed by atoms with Crippen molar-refractivity contribution in [3.05, 3.63) is 42.4 Å². The minimum Gasteiger partial charge on any atom is -0.444 e. The van der Waals surface area contributed by atoms with Crippen molar-refractivity contribution in [1.82, 2.24) is 5.32 Å². The van der Waals surface area contributed by atoms with E-state index in [0.717, 1.165) is 0 Å². The van der Waals surface area contributed by atoms with E-state index in [0.29, 0.717) is 24.2 Å². The number of amides is 2. The van der Waals surface area contributed by atoms with Crippen LogP contribution in [-0.4, -0.2) is 17.6 Å². The molecular formula is C18H25FN2O3. The molecule has 24 heavy (non-hydrogen) atoms. The lowest BCUT2D eigenvalue weighted by Gasteiger charge is -2.20. The van der Waals surface area contributed by atoms with E-state index in [-0.39, 0.29) is 17.6 Å². The van der Waals surface area contributed by atoms with Crippen LogP contribution >= 0.6 is 0 Å². The van der Waals surface area contributed by atoms with E-state index < -0.39 is 11.7 Å². The van der Waals surface area contributed by atoms with Crippen molar-refractivity contribution >= 4 is 17.7 Å². The molecule has 1 aromatic rings. The van der Waals surface area contributed by atoms with Crippen LogP contribution in [-0.2, 0) is 9.53 Å². The van der Waals surface area contributed by atoms with Gasteiger partial charge < -0.3 is 10.1 Å². The number of hydrogen-bond donors (Lipinski definition) is 2. The van der Waals surface area contributed by atoms with Gasteiger partial charge in [-0.15, -0.1) is 0 Å². The fraction of sp³-hybridized carbons (Fsp3) is 0.444. The fourth-order valence-electron chi connectivity index (χ4n) is 1.83. The molecule has 0 radical (unpaired) electrons. The quantitative estimate of drug-likeness (QED) is 0.817. The molecule has 0 aliphatic carbocycles. The predicted octanol–water partition coefficient (Wildman–Crippen LogP) is 4.22. The van der Waals surface area contributed by atoms with Crippen molar-refractivity contribution in [3.8, 4) is 0 Å². The van der Waals surface area contributed by atoms with Crippen molar-refractivity contribution in [2.75, 3.05) is 5.32 Å². The number of hydrogen-bond acceptors (Lipinski definition) is 3. The molecule has 0 aromatic heterocycles. The molecular weight excluding hydrogens is 311 g/mol. The Morgan fingerprint density at radius 2 is 1.83 bits per heavy atom. The SMILES string of the molecule is C=C(CCC(C)C(=O)Nc1ccc(F)cc1)NC(=O)OC(C)(C)C. The summed E-state index contributed by atoms with van der Waals surface area (Å²) in [6.07, 6.45) is 0.412. The first-order valence-electron chi connectivity index (χ1n) is 7.81. The standard InChI is InChI=1S/C18H25FN2O3/c1-12(16(22)21-15-10-8-14(19)9-11-15)6-7-13(2)20-17(23)24-18(3,4)5/h8-12H,2,6-7H2,1,3-5H3,(H,20,23)(H,21,22). The molecule has 132 valence electrons. The summed E-state index contributed by atoms with van der Waals surface area (Å²) in [5, 5.41) is 5.27. The fourth-order valence-corrected chi connectivity index (χ4v) is 1.83. The molecule has 2 amide bonds. The van der Waals surface area contributed by atoms with E-state index in [1.54, 1.807) is 27.7 Å². The molecule has 0 heterocycles. The van der Waals surface area contributed by atoms with Crippen LogP contribution in [0.4, 0.5) is 14.9 Å². The zero-order valence-electron chi connectivity index (χ0n) is 14.6. The molecule has 0 saturated carbocycles. The topological polar surface area (TPSA) is 67.4 Å². The van der Waals surface area contributed by atoms with Crippen LogP contribution in [0.1, 0.15) is 40.5 Å². The molecule has 1 unspecified atom stereocenters. The molecule has 0 spiro atoms. The smallest absolute Gasteiger partial charge is 0.411 e. The van der Waals surface area contributed by atoms with E-state index in [9.17, 15) is 14.0 Å². The summed E-state index contributed by atoms with van der Waals surface area (Å²) in [6, 6.07) is 5.58. The Hall–Kier alpha value is -2.37. The number of carbonyl (C=O) groups excluding carboxylic acids is 2. The normalized spacial score (nSPS) is 12.2. The van der Waals surface area contributed by atoms with Gasteiger partial charge in [-0.2, -0.15) is 0 Å². The third-order valence-electron chi connectivity index (χ3n) is 3.12. The summed E-state index contributed by atoms with van der Waals surface area (Å²) in [7, 11) is 0. The lowest BCUT2D eigenvalue weighted by atomic mass is 10.0. The van der Waals surface area contributed by atoms with Crippen LogP contribution in [0, 0.1) is 11.7 Å². The van der Waals surface area contributed by atoms with E-state index in [1.165, 1.54) is 24.3 Å². The second-order valence-electron chi connectivity index (χ2n) is 6.67. The third-order valence-corrected chi connectivity index (χ3v) is 3.12. The Bertz CT molecular complexity index is 591. The van der Waals surface area contributed by atoms with E-state index in [4.69, 9.17) is 4.74 Å². The molecule has 2 N–H and O–H groups in total. The van der Waals surface area contributed by atoms with Crippen LogP contribution in [0.15, 0.2) is 36.5 Å². The first-order chi connectivity index (χ1) is 11.1. The van der Waals surface area contributed by atoms with Gasteiger partial charge >= 0.3 is 6.09 Å². The lowest BCUT2D eigenvalue weighted by molar-refractivity contribution is -0.119. The maximum absolute atomic E-state index is 12.8. The number of allylic oxidation sites excluding steroid dienone is 1. The van der Waals surface area contributed by atoms with Crippen molar-refractivity contribution in [3.63, 3.8) is 0 Å². The van der Waals surface area contributed by atoms with Crippen LogP contribution in [0.5, 0.6) is 0 Å².